The molecule has 1 aromatic rings. The molecule has 0 spiro atoms. The van der Waals surface area contributed by atoms with Crippen LogP contribution in [0.2, 0.25) is 0 Å². The molecule has 0 heterocycles. The second kappa shape index (κ2) is 5.78. The summed E-state index contributed by atoms with van der Waals surface area (Å²) in [4.78, 5) is 0. The van der Waals surface area contributed by atoms with Crippen molar-refractivity contribution in [3.8, 4) is 5.75 Å². The van der Waals surface area contributed by atoms with Crippen LogP contribution in [0.4, 0.5) is 0 Å². The summed E-state index contributed by atoms with van der Waals surface area (Å²) in [5.74, 6) is 0.773. The number of rotatable bonds is 4. The molecular weight excluding hydrogens is 442 g/mol. The molecule has 0 aliphatic rings. The maximum absolute atomic E-state index is 10.9. The van der Waals surface area contributed by atoms with Crippen LogP contribution in [0.5, 0.6) is 5.75 Å². The van der Waals surface area contributed by atoms with Crippen molar-refractivity contribution in [2.75, 3.05) is 7.11 Å². The van der Waals surface area contributed by atoms with Gasteiger partial charge < -0.3 is 9.29 Å². The van der Waals surface area contributed by atoms with Crippen molar-refractivity contribution in [1.82, 2.24) is 0 Å². The average Bonchev–Trinajstić information content (AvgIpc) is 2.18. The van der Waals surface area contributed by atoms with Crippen molar-refractivity contribution in [3.63, 3.8) is 0 Å². The van der Waals surface area contributed by atoms with Crippen LogP contribution in [0.1, 0.15) is 5.56 Å². The van der Waals surface area contributed by atoms with E-state index in [1.807, 2.05) is 69.4 Å². The molecule has 1 rings (SSSR count). The quantitative estimate of drug-likeness (QED) is 0.402. The minimum absolute atomic E-state index is 0.480. The van der Waals surface area contributed by atoms with Crippen LogP contribution in [0.25, 0.3) is 0 Å². The second-order valence-electron chi connectivity index (χ2n) is 2.90. The summed E-state index contributed by atoms with van der Waals surface area (Å²) in [6.45, 7) is 0. The predicted molar refractivity (Wildman–Crippen MR) is 76.4 cm³/mol. The van der Waals surface area contributed by atoms with Gasteiger partial charge in [-0.05, 0) is 28.8 Å². The van der Waals surface area contributed by atoms with E-state index in [-0.39, 0.29) is 0 Å². The lowest BCUT2D eigenvalue weighted by Gasteiger charge is -2.23. The Morgan fingerprint density at radius 3 is 2.33 bits per heavy atom. The van der Waals surface area contributed by atoms with E-state index >= 15 is 0 Å². The van der Waals surface area contributed by atoms with Gasteiger partial charge in [-0.3, -0.25) is 4.21 Å². The van der Waals surface area contributed by atoms with Gasteiger partial charge in [-0.15, -0.1) is 0 Å². The summed E-state index contributed by atoms with van der Waals surface area (Å²) in [7, 11) is 1.60. The Hall–Kier alpha value is 0.590. The van der Waals surface area contributed by atoms with Crippen molar-refractivity contribution in [2.45, 2.75) is 7.18 Å². The molecular formula is C9H9I2O3S-. The van der Waals surface area contributed by atoms with Crippen LogP contribution in [-0.4, -0.2) is 16.6 Å². The van der Waals surface area contributed by atoms with Crippen molar-refractivity contribution in [1.29, 1.82) is 0 Å². The minimum Gasteiger partial charge on any atom is -0.771 e. The average molecular weight is 451 g/mol. The maximum atomic E-state index is 10.9. The van der Waals surface area contributed by atoms with Gasteiger partial charge in [-0.1, -0.05) is 57.3 Å². The van der Waals surface area contributed by atoms with Crippen molar-refractivity contribution in [3.05, 3.63) is 29.8 Å². The number of benzene rings is 1. The van der Waals surface area contributed by atoms with Crippen LogP contribution in [0.3, 0.4) is 0 Å². The lowest BCUT2D eigenvalue weighted by molar-refractivity contribution is 0.414. The molecule has 0 fully saturated rings. The van der Waals surface area contributed by atoms with Crippen LogP contribution in [-0.2, 0) is 17.5 Å². The molecule has 1 atom stereocenters. The first-order valence-electron chi connectivity index (χ1n) is 4.06. The fourth-order valence-electron chi connectivity index (χ4n) is 1.04. The number of hydrogen-bond acceptors (Lipinski definition) is 3. The largest absolute Gasteiger partial charge is 0.771 e. The monoisotopic (exact) mass is 451 g/mol. The van der Waals surface area contributed by atoms with Gasteiger partial charge in [0.1, 0.15) is 6.51 Å². The van der Waals surface area contributed by atoms with Crippen LogP contribution in [0.15, 0.2) is 24.3 Å². The van der Waals surface area contributed by atoms with Gasteiger partial charge in [0, 0.05) is 6.42 Å². The topological polar surface area (TPSA) is 49.4 Å². The zero-order chi connectivity index (χ0) is 11.5. The molecule has 0 aromatic heterocycles. The fraction of sp³-hybridized carbons (Fsp3) is 0.333. The molecule has 0 aliphatic carbocycles. The molecule has 3 nitrogen and oxygen atoms in total. The Morgan fingerprint density at radius 1 is 1.40 bits per heavy atom. The third-order valence-corrected chi connectivity index (χ3v) is 5.37. The molecule has 0 radical (unpaired) electrons. The van der Waals surface area contributed by atoms with Crippen molar-refractivity contribution >= 4 is 56.3 Å². The summed E-state index contributed by atoms with van der Waals surface area (Å²) in [6, 6.07) is 7.40. The Bertz CT molecular complexity index is 351. The molecule has 1 unspecified atom stereocenters. The van der Waals surface area contributed by atoms with Crippen LogP contribution < -0.4 is 4.74 Å². The summed E-state index contributed by atoms with van der Waals surface area (Å²) in [5, 5.41) is 0. The van der Waals surface area contributed by atoms with Gasteiger partial charge in [-0.2, -0.15) is 0 Å². The fourth-order valence-corrected chi connectivity index (χ4v) is 2.21. The number of halogens is 2. The third-order valence-electron chi connectivity index (χ3n) is 1.81. The first-order chi connectivity index (χ1) is 6.95. The molecule has 0 aliphatic heterocycles. The summed E-state index contributed by atoms with van der Waals surface area (Å²) < 4.78 is 26.1. The Kier molecular flexibility index (Phi) is 5.26. The summed E-state index contributed by atoms with van der Waals surface area (Å²) >= 11 is 1.77. The van der Waals surface area contributed by atoms with E-state index in [1.54, 1.807) is 7.11 Å². The second-order valence-corrected chi connectivity index (χ2v) is 11.3. The highest BCUT2D eigenvalue weighted by Gasteiger charge is 2.23. The van der Waals surface area contributed by atoms with Gasteiger partial charge >= 0.3 is 0 Å². The molecule has 0 N–H and O–H groups in total. The van der Waals surface area contributed by atoms with Crippen LogP contribution in [0, 0.1) is 0 Å². The molecule has 1 aromatic carbocycles. The van der Waals surface area contributed by atoms with Crippen molar-refractivity contribution in [2.24, 2.45) is 0 Å². The number of ether oxygens (including phenoxy) is 1. The maximum Gasteiger partial charge on any atom is 0.138 e. The van der Waals surface area contributed by atoms with Crippen molar-refractivity contribution < 1.29 is 13.5 Å². The minimum atomic E-state index is -2.09. The van der Waals surface area contributed by atoms with Gasteiger partial charge in [0.15, 0.2) is 0 Å². The number of alkyl halides is 2. The molecule has 0 amide bonds. The standard InChI is InChI=1S/C9H10I2O3S/c1-14-8-4-2-7(3-5-8)6-9(10,11)15(12)13/h2-5H,6H2,1H3,(H,12,13)/p-1. The van der Waals surface area contributed by atoms with E-state index in [9.17, 15) is 8.76 Å². The predicted octanol–water partition coefficient (Wildman–Crippen LogP) is 2.64. The highest BCUT2D eigenvalue weighted by atomic mass is 127. The lowest BCUT2D eigenvalue weighted by Crippen LogP contribution is -2.21. The molecule has 15 heavy (non-hydrogen) atoms. The lowest BCUT2D eigenvalue weighted by atomic mass is 10.2. The number of methoxy groups -OCH3 is 1. The Balaban J connectivity index is 2.77. The van der Waals surface area contributed by atoms with Crippen LogP contribution >= 0.6 is 45.2 Å². The smallest absolute Gasteiger partial charge is 0.138 e. The molecule has 0 bridgehead atoms. The Labute approximate surface area is 119 Å². The third kappa shape index (κ3) is 4.16. The first kappa shape index (κ1) is 13.7. The van der Waals surface area contributed by atoms with Gasteiger partial charge in [-0.25, -0.2) is 0 Å². The van der Waals surface area contributed by atoms with E-state index in [2.05, 4.69) is 0 Å². The zero-order valence-electron chi connectivity index (χ0n) is 7.91. The molecule has 6 heteroatoms. The molecule has 0 saturated carbocycles. The SMILES string of the molecule is COc1ccc(CC(I)(I)S(=O)[O-])cc1. The number of hydrogen-bond donors (Lipinski definition) is 0. The highest BCUT2D eigenvalue weighted by Crippen LogP contribution is 2.34. The highest BCUT2D eigenvalue weighted by molar-refractivity contribution is 14.2. The molecule has 0 saturated heterocycles. The first-order valence-corrected chi connectivity index (χ1v) is 7.29. The van der Waals surface area contributed by atoms with E-state index < -0.39 is 11.8 Å². The summed E-state index contributed by atoms with van der Waals surface area (Å²) in [6.07, 6.45) is 0.480. The van der Waals surface area contributed by atoms with Gasteiger partial charge in [0.25, 0.3) is 0 Å². The van der Waals surface area contributed by atoms with Gasteiger partial charge in [0.2, 0.25) is 0 Å². The molecule has 84 valence electrons. The Morgan fingerprint density at radius 2 is 1.93 bits per heavy atom. The zero-order valence-corrected chi connectivity index (χ0v) is 13.0. The summed E-state index contributed by atoms with van der Waals surface area (Å²) in [5.41, 5.74) is 0.976. The van der Waals surface area contributed by atoms with E-state index in [4.69, 9.17) is 4.74 Å². The normalized spacial score (nSPS) is 13.6. The van der Waals surface area contributed by atoms with Gasteiger partial charge in [0.05, 0.1) is 7.11 Å². The van der Waals surface area contributed by atoms with E-state index in [0.717, 1.165) is 11.3 Å². The van der Waals surface area contributed by atoms with E-state index in [1.165, 1.54) is 0 Å². The van der Waals surface area contributed by atoms with E-state index in [0.29, 0.717) is 6.42 Å².